The monoisotopic (exact) mass is 258 g/mol. The largest absolute Gasteiger partial charge is 0.366 e. The Morgan fingerprint density at radius 2 is 2.25 bits per heavy atom. The van der Waals surface area contributed by atoms with Gasteiger partial charge < -0.3 is 11.5 Å². The van der Waals surface area contributed by atoms with E-state index in [0.29, 0.717) is 22.4 Å². The van der Waals surface area contributed by atoms with Crippen LogP contribution < -0.4 is 11.5 Å². The van der Waals surface area contributed by atoms with Crippen molar-refractivity contribution in [2.75, 3.05) is 6.54 Å². The summed E-state index contributed by atoms with van der Waals surface area (Å²) in [5.41, 5.74) is 12.1. The molecule has 1 unspecified atom stereocenters. The van der Waals surface area contributed by atoms with Gasteiger partial charge in [0.05, 0.1) is 0 Å². The number of nitrogens with two attached hydrogens (primary N) is 2. The first-order valence-corrected chi connectivity index (χ1v) is 6.37. The minimum Gasteiger partial charge on any atom is -0.366 e. The summed E-state index contributed by atoms with van der Waals surface area (Å²) in [6, 6.07) is 5.13. The van der Waals surface area contributed by atoms with Gasteiger partial charge in [0.1, 0.15) is 0 Å². The normalized spacial score (nSPS) is 12.4. The van der Waals surface area contributed by atoms with Gasteiger partial charge in [0.2, 0.25) is 5.91 Å². The van der Waals surface area contributed by atoms with Crippen molar-refractivity contribution in [1.82, 2.24) is 0 Å². The van der Waals surface area contributed by atoms with Gasteiger partial charge in [-0.1, -0.05) is 24.6 Å². The quantitative estimate of drug-likeness (QED) is 0.849. The third-order valence-corrected chi connectivity index (χ3v) is 3.78. The highest BCUT2D eigenvalue weighted by molar-refractivity contribution is 7.99. The van der Waals surface area contributed by atoms with Crippen molar-refractivity contribution in [2.24, 2.45) is 11.5 Å². The van der Waals surface area contributed by atoms with Crippen LogP contribution >= 0.6 is 23.4 Å². The predicted molar refractivity (Wildman–Crippen MR) is 69.8 cm³/mol. The average Bonchev–Trinajstić information content (AvgIpc) is 2.26. The van der Waals surface area contributed by atoms with Crippen molar-refractivity contribution in [3.63, 3.8) is 0 Å². The summed E-state index contributed by atoms with van der Waals surface area (Å²) in [5, 5.41) is 0.972. The van der Waals surface area contributed by atoms with Gasteiger partial charge >= 0.3 is 0 Å². The first kappa shape index (κ1) is 13.4. The molecule has 0 saturated carbocycles. The first-order chi connectivity index (χ1) is 7.54. The molecule has 88 valence electrons. The number of hydrogen-bond acceptors (Lipinski definition) is 3. The highest BCUT2D eigenvalue weighted by atomic mass is 35.5. The number of rotatable bonds is 5. The van der Waals surface area contributed by atoms with Crippen LogP contribution in [0.4, 0.5) is 0 Å². The van der Waals surface area contributed by atoms with Crippen molar-refractivity contribution in [2.45, 2.75) is 17.9 Å². The molecule has 0 aliphatic carbocycles. The lowest BCUT2D eigenvalue weighted by Gasteiger charge is -2.09. The molecule has 0 bridgehead atoms. The standard InChI is InChI=1S/C11H15ClN2OS/c1-7(5-13)16-6-9-3-2-8(11(14)15)4-10(9)12/h2-4,7H,5-6,13H2,1H3,(H2,14,15). The molecular weight excluding hydrogens is 244 g/mol. The molecule has 16 heavy (non-hydrogen) atoms. The summed E-state index contributed by atoms with van der Waals surface area (Å²) in [5.74, 6) is 0.326. The fraction of sp³-hybridized carbons (Fsp3) is 0.364. The summed E-state index contributed by atoms with van der Waals surface area (Å²) < 4.78 is 0. The molecule has 3 nitrogen and oxygen atoms in total. The lowest BCUT2D eigenvalue weighted by atomic mass is 10.1. The Labute approximate surface area is 105 Å². The van der Waals surface area contributed by atoms with Crippen molar-refractivity contribution in [1.29, 1.82) is 0 Å². The third-order valence-electron chi connectivity index (χ3n) is 2.19. The maximum absolute atomic E-state index is 10.9. The molecule has 0 aliphatic heterocycles. The second-order valence-corrected chi connectivity index (χ2v) is 5.36. The molecule has 0 spiro atoms. The fourth-order valence-electron chi connectivity index (χ4n) is 1.12. The second kappa shape index (κ2) is 6.13. The first-order valence-electron chi connectivity index (χ1n) is 4.94. The average molecular weight is 259 g/mol. The zero-order chi connectivity index (χ0) is 12.1. The number of carbonyl (C=O) groups excluding carboxylic acids is 1. The van der Waals surface area contributed by atoms with E-state index in [1.54, 1.807) is 23.9 Å². The Kier molecular flexibility index (Phi) is 5.12. The number of benzene rings is 1. The molecule has 1 aromatic carbocycles. The minimum atomic E-state index is -0.462. The number of thioether (sulfide) groups is 1. The molecule has 0 saturated heterocycles. The Balaban J connectivity index is 2.72. The van der Waals surface area contributed by atoms with E-state index in [0.717, 1.165) is 11.3 Å². The maximum Gasteiger partial charge on any atom is 0.248 e. The van der Waals surface area contributed by atoms with E-state index in [1.165, 1.54) is 0 Å². The van der Waals surface area contributed by atoms with Gasteiger partial charge in [-0.15, -0.1) is 0 Å². The van der Waals surface area contributed by atoms with Crippen LogP contribution in [0.15, 0.2) is 18.2 Å². The van der Waals surface area contributed by atoms with Crippen molar-refractivity contribution in [3.8, 4) is 0 Å². The number of hydrogen-bond donors (Lipinski definition) is 2. The van der Waals surface area contributed by atoms with Gasteiger partial charge in [-0.2, -0.15) is 11.8 Å². The SMILES string of the molecule is CC(CN)SCc1ccc(C(N)=O)cc1Cl. The third kappa shape index (κ3) is 3.70. The lowest BCUT2D eigenvalue weighted by molar-refractivity contribution is 0.100. The number of halogens is 1. The van der Waals surface area contributed by atoms with Crippen LogP contribution in [0.2, 0.25) is 5.02 Å². The molecule has 4 N–H and O–H groups in total. The van der Waals surface area contributed by atoms with Crippen LogP contribution in [-0.4, -0.2) is 17.7 Å². The number of carbonyl (C=O) groups is 1. The van der Waals surface area contributed by atoms with E-state index in [-0.39, 0.29) is 0 Å². The Morgan fingerprint density at radius 3 is 2.75 bits per heavy atom. The Morgan fingerprint density at radius 1 is 1.56 bits per heavy atom. The second-order valence-electron chi connectivity index (χ2n) is 3.53. The van der Waals surface area contributed by atoms with Crippen molar-refractivity contribution in [3.05, 3.63) is 34.3 Å². The predicted octanol–water partition coefficient (Wildman–Crippen LogP) is 2.02. The molecule has 0 aliphatic rings. The van der Waals surface area contributed by atoms with Crippen molar-refractivity contribution < 1.29 is 4.79 Å². The Hall–Kier alpha value is -0.710. The highest BCUT2D eigenvalue weighted by Gasteiger charge is 2.07. The summed E-state index contributed by atoms with van der Waals surface area (Å²) in [6.45, 7) is 2.71. The van der Waals surface area contributed by atoms with E-state index in [4.69, 9.17) is 23.1 Å². The van der Waals surface area contributed by atoms with Crippen LogP contribution in [0.5, 0.6) is 0 Å². The number of amides is 1. The van der Waals surface area contributed by atoms with Gasteiger partial charge in [-0.05, 0) is 17.7 Å². The number of primary amides is 1. The highest BCUT2D eigenvalue weighted by Crippen LogP contribution is 2.24. The van der Waals surface area contributed by atoms with Crippen LogP contribution in [0.3, 0.4) is 0 Å². The summed E-state index contributed by atoms with van der Waals surface area (Å²) in [6.07, 6.45) is 0. The summed E-state index contributed by atoms with van der Waals surface area (Å²) in [4.78, 5) is 10.9. The topological polar surface area (TPSA) is 69.1 Å². The van der Waals surface area contributed by atoms with E-state index >= 15 is 0 Å². The molecule has 5 heteroatoms. The maximum atomic E-state index is 10.9. The molecule has 1 aromatic rings. The van der Waals surface area contributed by atoms with Crippen LogP contribution in [0.1, 0.15) is 22.8 Å². The summed E-state index contributed by atoms with van der Waals surface area (Å²) >= 11 is 7.78. The molecule has 0 fully saturated rings. The molecular formula is C11H15ClN2OS. The van der Waals surface area contributed by atoms with Crippen LogP contribution in [-0.2, 0) is 5.75 Å². The van der Waals surface area contributed by atoms with Gasteiger partial charge in [-0.25, -0.2) is 0 Å². The van der Waals surface area contributed by atoms with Crippen LogP contribution in [0.25, 0.3) is 0 Å². The lowest BCUT2D eigenvalue weighted by Crippen LogP contribution is -2.13. The van der Waals surface area contributed by atoms with E-state index in [1.807, 2.05) is 6.07 Å². The van der Waals surface area contributed by atoms with E-state index < -0.39 is 5.91 Å². The van der Waals surface area contributed by atoms with Crippen molar-refractivity contribution >= 4 is 29.3 Å². The minimum absolute atomic E-state index is 0.395. The Bertz CT molecular complexity index is 384. The molecule has 0 aromatic heterocycles. The molecule has 0 radical (unpaired) electrons. The molecule has 1 rings (SSSR count). The molecule has 0 heterocycles. The van der Waals surface area contributed by atoms with Crippen LogP contribution in [0, 0.1) is 0 Å². The zero-order valence-corrected chi connectivity index (χ0v) is 10.6. The van der Waals surface area contributed by atoms with Gasteiger partial charge in [-0.3, -0.25) is 4.79 Å². The molecule has 1 amide bonds. The van der Waals surface area contributed by atoms with E-state index in [2.05, 4.69) is 6.92 Å². The smallest absolute Gasteiger partial charge is 0.248 e. The fourth-order valence-corrected chi connectivity index (χ4v) is 2.30. The van der Waals surface area contributed by atoms with Gasteiger partial charge in [0, 0.05) is 28.1 Å². The van der Waals surface area contributed by atoms with E-state index in [9.17, 15) is 4.79 Å². The van der Waals surface area contributed by atoms with Gasteiger partial charge in [0.15, 0.2) is 0 Å². The molecule has 1 atom stereocenters. The van der Waals surface area contributed by atoms with Gasteiger partial charge in [0.25, 0.3) is 0 Å². The summed E-state index contributed by atoms with van der Waals surface area (Å²) in [7, 11) is 0. The zero-order valence-electron chi connectivity index (χ0n) is 9.07.